The molecule has 2 aromatic carbocycles. The number of carbonyl (C=O) groups excluding carboxylic acids is 1. The Labute approximate surface area is 162 Å². The minimum absolute atomic E-state index is 0.0449. The quantitative estimate of drug-likeness (QED) is 0.501. The van der Waals surface area contributed by atoms with Gasteiger partial charge < -0.3 is 9.32 Å². The number of amides is 1. The Morgan fingerprint density at radius 1 is 1.11 bits per heavy atom. The van der Waals surface area contributed by atoms with Gasteiger partial charge in [-0.25, -0.2) is 0 Å². The number of nitrogens with zero attached hydrogens (tertiary/aromatic N) is 1. The number of alkyl halides is 3. The van der Waals surface area contributed by atoms with Crippen molar-refractivity contribution in [1.29, 1.82) is 0 Å². The summed E-state index contributed by atoms with van der Waals surface area (Å²) in [5.74, 6) is 0.403. The number of rotatable bonds is 4. The van der Waals surface area contributed by atoms with E-state index in [0.29, 0.717) is 21.4 Å². The van der Waals surface area contributed by atoms with Crippen LogP contribution in [0.3, 0.4) is 0 Å². The van der Waals surface area contributed by atoms with Gasteiger partial charge >= 0.3 is 6.18 Å². The topological polar surface area (TPSA) is 33.5 Å². The third-order valence-electron chi connectivity index (χ3n) is 4.06. The maximum Gasteiger partial charge on any atom is 0.416 e. The third kappa shape index (κ3) is 4.42. The Balaban J connectivity index is 1.76. The molecule has 0 aliphatic carbocycles. The van der Waals surface area contributed by atoms with Gasteiger partial charge in [-0.3, -0.25) is 4.79 Å². The largest absolute Gasteiger partial charge is 0.464 e. The molecule has 3 aromatic rings. The van der Waals surface area contributed by atoms with Crippen molar-refractivity contribution in [1.82, 2.24) is 4.90 Å². The van der Waals surface area contributed by atoms with Crippen LogP contribution in [0.2, 0.25) is 0 Å². The second kappa shape index (κ2) is 7.60. The van der Waals surface area contributed by atoms with Crippen molar-refractivity contribution in [2.24, 2.45) is 0 Å². The molecule has 3 nitrogen and oxygen atoms in total. The zero-order valence-corrected chi connectivity index (χ0v) is 15.8. The van der Waals surface area contributed by atoms with Crippen LogP contribution in [0.25, 0.3) is 11.3 Å². The van der Waals surface area contributed by atoms with Gasteiger partial charge in [0.15, 0.2) is 0 Å². The molecule has 0 bridgehead atoms. The number of hydrogen-bond acceptors (Lipinski definition) is 2. The van der Waals surface area contributed by atoms with Crippen molar-refractivity contribution in [3.63, 3.8) is 0 Å². The van der Waals surface area contributed by atoms with Crippen molar-refractivity contribution in [2.45, 2.75) is 12.7 Å². The van der Waals surface area contributed by atoms with Crippen LogP contribution in [0.5, 0.6) is 0 Å². The summed E-state index contributed by atoms with van der Waals surface area (Å²) in [6.07, 6.45) is -2.87. The summed E-state index contributed by atoms with van der Waals surface area (Å²) in [7, 11) is 1.55. The summed E-state index contributed by atoms with van der Waals surface area (Å²) in [5, 5.41) is 0. The minimum atomic E-state index is -4.43. The van der Waals surface area contributed by atoms with Crippen molar-refractivity contribution in [2.75, 3.05) is 7.05 Å². The number of benzene rings is 2. The highest BCUT2D eigenvalue weighted by atomic mass is 79.9. The van der Waals surface area contributed by atoms with Gasteiger partial charge in [0.1, 0.15) is 5.76 Å². The number of furan rings is 1. The van der Waals surface area contributed by atoms with Crippen LogP contribution in [0, 0.1) is 0 Å². The SMILES string of the molecule is CN(Cc1cc(C(F)(F)F)ccc1Br)C(=O)c1ccc(-c2ccco2)cc1. The molecule has 7 heteroatoms. The lowest BCUT2D eigenvalue weighted by molar-refractivity contribution is -0.137. The van der Waals surface area contributed by atoms with Gasteiger partial charge in [0, 0.05) is 29.2 Å². The predicted octanol–water partition coefficient (Wildman–Crippen LogP) is 6.00. The Kier molecular flexibility index (Phi) is 5.41. The smallest absolute Gasteiger partial charge is 0.416 e. The van der Waals surface area contributed by atoms with E-state index in [4.69, 9.17) is 4.42 Å². The maximum absolute atomic E-state index is 12.9. The van der Waals surface area contributed by atoms with Crippen molar-refractivity contribution < 1.29 is 22.4 Å². The highest BCUT2D eigenvalue weighted by Crippen LogP contribution is 2.32. The zero-order valence-electron chi connectivity index (χ0n) is 14.3. The van der Waals surface area contributed by atoms with Gasteiger partial charge in [0.2, 0.25) is 0 Å². The molecule has 1 aromatic heterocycles. The van der Waals surface area contributed by atoms with Gasteiger partial charge in [-0.2, -0.15) is 13.2 Å². The Morgan fingerprint density at radius 2 is 1.81 bits per heavy atom. The number of hydrogen-bond donors (Lipinski definition) is 0. The molecule has 27 heavy (non-hydrogen) atoms. The first kappa shape index (κ1) is 19.2. The first-order chi connectivity index (χ1) is 12.8. The lowest BCUT2D eigenvalue weighted by Gasteiger charge is -2.19. The van der Waals surface area contributed by atoms with E-state index in [0.717, 1.165) is 17.7 Å². The molecule has 0 saturated heterocycles. The molecule has 0 spiro atoms. The summed E-state index contributed by atoms with van der Waals surface area (Å²) in [5.41, 5.74) is 0.910. The molecule has 0 radical (unpaired) electrons. The zero-order chi connectivity index (χ0) is 19.6. The van der Waals surface area contributed by atoms with E-state index in [2.05, 4.69) is 15.9 Å². The summed E-state index contributed by atoms with van der Waals surface area (Å²) in [6, 6.07) is 13.8. The van der Waals surface area contributed by atoms with Crippen molar-refractivity contribution >= 4 is 21.8 Å². The fraction of sp³-hybridized carbons (Fsp3) is 0.150. The molecule has 0 unspecified atom stereocenters. The second-order valence-electron chi connectivity index (χ2n) is 6.02. The summed E-state index contributed by atoms with van der Waals surface area (Å²) < 4.78 is 44.6. The molecule has 0 aliphatic rings. The first-order valence-electron chi connectivity index (χ1n) is 8.01. The molecule has 0 N–H and O–H groups in total. The van der Waals surface area contributed by atoms with Crippen LogP contribution in [-0.2, 0) is 12.7 Å². The molecule has 1 amide bonds. The van der Waals surface area contributed by atoms with Gasteiger partial charge in [-0.1, -0.05) is 28.1 Å². The maximum atomic E-state index is 12.9. The molecular weight excluding hydrogens is 423 g/mol. The molecule has 0 fully saturated rings. The first-order valence-corrected chi connectivity index (χ1v) is 8.80. The van der Waals surface area contributed by atoms with E-state index >= 15 is 0 Å². The van der Waals surface area contributed by atoms with Crippen LogP contribution >= 0.6 is 15.9 Å². The Bertz CT molecular complexity index is 935. The van der Waals surface area contributed by atoms with E-state index in [1.54, 1.807) is 43.6 Å². The fourth-order valence-corrected chi connectivity index (χ4v) is 3.01. The van der Waals surface area contributed by atoms with Crippen LogP contribution in [0.1, 0.15) is 21.5 Å². The monoisotopic (exact) mass is 437 g/mol. The summed E-state index contributed by atoms with van der Waals surface area (Å²) >= 11 is 3.25. The number of halogens is 4. The third-order valence-corrected chi connectivity index (χ3v) is 4.84. The molecule has 0 saturated carbocycles. The van der Waals surface area contributed by atoms with Crippen molar-refractivity contribution in [3.05, 3.63) is 82.0 Å². The molecule has 140 valence electrons. The van der Waals surface area contributed by atoms with Crippen LogP contribution in [0.15, 0.2) is 69.8 Å². The molecule has 0 atom stereocenters. The van der Waals surface area contributed by atoms with E-state index in [-0.39, 0.29) is 12.5 Å². The second-order valence-corrected chi connectivity index (χ2v) is 6.87. The highest BCUT2D eigenvalue weighted by Gasteiger charge is 2.31. The predicted molar refractivity (Wildman–Crippen MR) is 99.1 cm³/mol. The molecule has 3 rings (SSSR count). The van der Waals surface area contributed by atoms with E-state index in [9.17, 15) is 18.0 Å². The molecular formula is C20H15BrF3NO2. The van der Waals surface area contributed by atoms with E-state index in [1.807, 2.05) is 6.07 Å². The summed E-state index contributed by atoms with van der Waals surface area (Å²) in [6.45, 7) is 0.0449. The van der Waals surface area contributed by atoms with Crippen molar-refractivity contribution in [3.8, 4) is 11.3 Å². The lowest BCUT2D eigenvalue weighted by Crippen LogP contribution is -2.26. The minimum Gasteiger partial charge on any atom is -0.464 e. The Morgan fingerprint density at radius 3 is 2.41 bits per heavy atom. The van der Waals surface area contributed by atoms with E-state index in [1.165, 1.54) is 11.0 Å². The van der Waals surface area contributed by atoms with Gasteiger partial charge in [-0.05, 0) is 48.0 Å². The molecule has 0 aliphatic heterocycles. The number of carbonyl (C=O) groups is 1. The average Bonchev–Trinajstić information content (AvgIpc) is 3.16. The lowest BCUT2D eigenvalue weighted by atomic mass is 10.1. The van der Waals surface area contributed by atoms with Crippen LogP contribution < -0.4 is 0 Å². The Hall–Kier alpha value is -2.54. The van der Waals surface area contributed by atoms with Gasteiger partial charge in [-0.15, -0.1) is 0 Å². The summed E-state index contributed by atoms with van der Waals surface area (Å²) in [4.78, 5) is 14.0. The van der Waals surface area contributed by atoms with E-state index < -0.39 is 11.7 Å². The van der Waals surface area contributed by atoms with Gasteiger partial charge in [0.05, 0.1) is 11.8 Å². The highest BCUT2D eigenvalue weighted by molar-refractivity contribution is 9.10. The van der Waals surface area contributed by atoms with Crippen LogP contribution in [0.4, 0.5) is 13.2 Å². The van der Waals surface area contributed by atoms with Crippen LogP contribution in [-0.4, -0.2) is 17.9 Å². The fourth-order valence-electron chi connectivity index (χ4n) is 2.64. The standard InChI is InChI=1S/C20H15BrF3NO2/c1-25(12-15-11-16(20(22,23)24)8-9-17(15)21)19(26)14-6-4-13(5-7-14)18-3-2-10-27-18/h2-11H,12H2,1H3. The average molecular weight is 438 g/mol. The van der Waals surface area contributed by atoms with Gasteiger partial charge in [0.25, 0.3) is 5.91 Å². The molecule has 1 heterocycles. The normalized spacial score (nSPS) is 11.4.